The van der Waals surface area contributed by atoms with Crippen LogP contribution in [0, 0.1) is 11.8 Å². The van der Waals surface area contributed by atoms with Crippen molar-refractivity contribution in [3.8, 4) is 5.75 Å². The molecule has 1 aromatic rings. The van der Waals surface area contributed by atoms with Crippen LogP contribution in [0.4, 0.5) is 5.69 Å². The van der Waals surface area contributed by atoms with Crippen LogP contribution in [0.1, 0.15) is 28.8 Å². The molecule has 3 N–H and O–H groups in total. The molecule has 1 unspecified atom stereocenters. The molecule has 5 nitrogen and oxygen atoms in total. The molecule has 3 saturated heterocycles. The average Bonchev–Trinajstić information content (AvgIpc) is 2.97. The monoisotopic (exact) mass is 322 g/mol. The van der Waals surface area contributed by atoms with Crippen molar-refractivity contribution >= 4 is 23.3 Å². The van der Waals surface area contributed by atoms with E-state index in [2.05, 4.69) is 4.90 Å². The Labute approximate surface area is 134 Å². The predicted molar refractivity (Wildman–Crippen MR) is 83.6 cm³/mol. The first kappa shape index (κ1) is 14.2. The van der Waals surface area contributed by atoms with Gasteiger partial charge in [0.25, 0.3) is 0 Å². The van der Waals surface area contributed by atoms with Gasteiger partial charge in [-0.3, -0.25) is 0 Å². The molecule has 1 aromatic carbocycles. The molecule has 3 fully saturated rings. The Balaban J connectivity index is 1.67. The van der Waals surface area contributed by atoms with E-state index in [4.69, 9.17) is 22.1 Å². The van der Waals surface area contributed by atoms with Gasteiger partial charge in [0.2, 0.25) is 0 Å². The molecule has 0 aliphatic carbocycles. The van der Waals surface area contributed by atoms with E-state index in [-0.39, 0.29) is 11.7 Å². The standard InChI is InChI=1S/C16H19ClN2O3/c17-12-5-10(16(20)21)15-9(14(12)18)6-13(22-15)11-7-19-3-1-8(11)2-4-19/h5,8,11,13H,1-4,6-7,18H2,(H,20,21)/t11?,13-/m0/s1. The molecule has 2 bridgehead atoms. The van der Waals surface area contributed by atoms with Gasteiger partial charge in [-0.25, -0.2) is 4.79 Å². The number of hydrogen-bond acceptors (Lipinski definition) is 4. The van der Waals surface area contributed by atoms with Gasteiger partial charge < -0.3 is 20.5 Å². The maximum atomic E-state index is 11.4. The molecule has 0 aromatic heterocycles. The van der Waals surface area contributed by atoms with Crippen molar-refractivity contribution in [2.45, 2.75) is 25.4 Å². The van der Waals surface area contributed by atoms with Gasteiger partial charge in [-0.2, -0.15) is 0 Å². The molecule has 4 aliphatic rings. The van der Waals surface area contributed by atoms with Gasteiger partial charge >= 0.3 is 5.97 Å². The highest BCUT2D eigenvalue weighted by atomic mass is 35.5. The number of nitrogen functional groups attached to an aromatic ring is 1. The highest BCUT2D eigenvalue weighted by molar-refractivity contribution is 6.33. The lowest BCUT2D eigenvalue weighted by molar-refractivity contribution is -0.00689. The molecule has 118 valence electrons. The van der Waals surface area contributed by atoms with Gasteiger partial charge in [-0.05, 0) is 37.9 Å². The van der Waals surface area contributed by atoms with Gasteiger partial charge in [0, 0.05) is 24.4 Å². The van der Waals surface area contributed by atoms with Gasteiger partial charge in [-0.1, -0.05) is 11.6 Å². The summed E-state index contributed by atoms with van der Waals surface area (Å²) in [7, 11) is 0. The number of carboxylic acid groups (broad SMARTS) is 1. The number of benzene rings is 1. The lowest BCUT2D eigenvalue weighted by Gasteiger charge is -2.46. The number of rotatable bonds is 2. The van der Waals surface area contributed by atoms with E-state index < -0.39 is 5.97 Å². The molecule has 0 radical (unpaired) electrons. The van der Waals surface area contributed by atoms with E-state index in [9.17, 15) is 9.90 Å². The summed E-state index contributed by atoms with van der Waals surface area (Å²) in [5.41, 5.74) is 7.41. The number of fused-ring (bicyclic) bond motifs is 4. The number of nitrogens with zero attached hydrogens (tertiary/aromatic N) is 1. The van der Waals surface area contributed by atoms with Crippen molar-refractivity contribution in [1.82, 2.24) is 4.90 Å². The number of nitrogens with two attached hydrogens (primary N) is 1. The molecule has 0 saturated carbocycles. The first-order valence-electron chi connectivity index (χ1n) is 7.77. The van der Waals surface area contributed by atoms with E-state index in [0.29, 0.717) is 34.7 Å². The van der Waals surface area contributed by atoms with E-state index in [0.717, 1.165) is 12.1 Å². The average molecular weight is 323 g/mol. The molecule has 2 atom stereocenters. The predicted octanol–water partition coefficient (Wildman–Crippen LogP) is 2.27. The number of ether oxygens (including phenoxy) is 1. The van der Waals surface area contributed by atoms with Gasteiger partial charge in [0.05, 0.1) is 10.7 Å². The summed E-state index contributed by atoms with van der Waals surface area (Å²) in [6, 6.07) is 1.40. The summed E-state index contributed by atoms with van der Waals surface area (Å²) in [5.74, 6) is 0.535. The maximum Gasteiger partial charge on any atom is 0.339 e. The van der Waals surface area contributed by atoms with E-state index in [1.54, 1.807) is 0 Å². The number of piperidine rings is 3. The smallest absolute Gasteiger partial charge is 0.339 e. The topological polar surface area (TPSA) is 75.8 Å². The SMILES string of the molecule is Nc1c(Cl)cc(C(=O)O)c2c1C[C@@H](C1CN3CCC1CC3)O2. The van der Waals surface area contributed by atoms with Crippen LogP contribution >= 0.6 is 11.6 Å². The lowest BCUT2D eigenvalue weighted by atomic mass is 9.75. The zero-order valence-corrected chi connectivity index (χ0v) is 13.0. The first-order valence-corrected chi connectivity index (χ1v) is 8.15. The normalized spacial score (nSPS) is 32.6. The zero-order chi connectivity index (χ0) is 15.4. The van der Waals surface area contributed by atoms with Crippen molar-refractivity contribution in [3.05, 3.63) is 22.2 Å². The molecule has 5 rings (SSSR count). The third-order valence-electron chi connectivity index (χ3n) is 5.46. The van der Waals surface area contributed by atoms with Gasteiger partial charge in [0.1, 0.15) is 17.4 Å². The molecule has 4 heterocycles. The maximum absolute atomic E-state index is 11.4. The minimum Gasteiger partial charge on any atom is -0.488 e. The number of halogens is 1. The number of carboxylic acids is 1. The minimum atomic E-state index is -1.02. The second-order valence-corrected chi connectivity index (χ2v) is 7.00. The van der Waals surface area contributed by atoms with E-state index in [1.165, 1.54) is 32.0 Å². The second kappa shape index (κ2) is 5.03. The van der Waals surface area contributed by atoms with Crippen LogP contribution < -0.4 is 10.5 Å². The largest absolute Gasteiger partial charge is 0.488 e. The fourth-order valence-electron chi connectivity index (χ4n) is 4.26. The molecule has 6 heteroatoms. The van der Waals surface area contributed by atoms with Crippen molar-refractivity contribution in [2.75, 3.05) is 25.4 Å². The molecule has 0 spiro atoms. The Kier molecular flexibility index (Phi) is 3.24. The second-order valence-electron chi connectivity index (χ2n) is 6.59. The summed E-state index contributed by atoms with van der Waals surface area (Å²) in [4.78, 5) is 13.9. The van der Waals surface area contributed by atoms with Crippen LogP contribution in [0.5, 0.6) is 5.75 Å². The number of aromatic carboxylic acids is 1. The number of hydrogen-bond donors (Lipinski definition) is 2. The first-order chi connectivity index (χ1) is 10.5. The number of anilines is 1. The Morgan fingerprint density at radius 3 is 2.73 bits per heavy atom. The zero-order valence-electron chi connectivity index (χ0n) is 12.2. The van der Waals surface area contributed by atoms with Gasteiger partial charge in [0.15, 0.2) is 0 Å². The summed E-state index contributed by atoms with van der Waals surface area (Å²) in [5, 5.41) is 9.68. The van der Waals surface area contributed by atoms with Crippen LogP contribution in [-0.2, 0) is 6.42 Å². The highest BCUT2D eigenvalue weighted by Gasteiger charge is 2.43. The Hall–Kier alpha value is -1.46. The highest BCUT2D eigenvalue weighted by Crippen LogP contribution is 2.45. The summed E-state index contributed by atoms with van der Waals surface area (Å²) >= 11 is 6.09. The van der Waals surface area contributed by atoms with Crippen molar-refractivity contribution < 1.29 is 14.6 Å². The quantitative estimate of drug-likeness (QED) is 0.817. The Bertz CT molecular complexity index is 641. The summed E-state index contributed by atoms with van der Waals surface area (Å²) in [6.07, 6.45) is 3.10. The summed E-state index contributed by atoms with van der Waals surface area (Å²) in [6.45, 7) is 3.39. The number of carbonyl (C=O) groups is 1. The third kappa shape index (κ3) is 2.07. The van der Waals surface area contributed by atoms with Gasteiger partial charge in [-0.15, -0.1) is 0 Å². The Morgan fingerprint density at radius 2 is 2.14 bits per heavy atom. The van der Waals surface area contributed by atoms with Crippen LogP contribution in [0.15, 0.2) is 6.07 Å². The van der Waals surface area contributed by atoms with Crippen LogP contribution in [0.25, 0.3) is 0 Å². The van der Waals surface area contributed by atoms with E-state index in [1.807, 2.05) is 0 Å². The van der Waals surface area contributed by atoms with Crippen LogP contribution in [-0.4, -0.2) is 41.7 Å². The fraction of sp³-hybridized carbons (Fsp3) is 0.562. The molecular formula is C16H19ClN2O3. The van der Waals surface area contributed by atoms with Crippen molar-refractivity contribution in [2.24, 2.45) is 11.8 Å². The third-order valence-corrected chi connectivity index (χ3v) is 5.77. The Morgan fingerprint density at radius 1 is 1.41 bits per heavy atom. The molecule has 0 amide bonds. The van der Waals surface area contributed by atoms with Crippen LogP contribution in [0.2, 0.25) is 5.02 Å². The van der Waals surface area contributed by atoms with Crippen molar-refractivity contribution in [3.63, 3.8) is 0 Å². The molecule has 4 aliphatic heterocycles. The molecule has 22 heavy (non-hydrogen) atoms. The molecular weight excluding hydrogens is 304 g/mol. The summed E-state index contributed by atoms with van der Waals surface area (Å²) < 4.78 is 6.08. The fourth-order valence-corrected chi connectivity index (χ4v) is 4.48. The van der Waals surface area contributed by atoms with Crippen molar-refractivity contribution in [1.29, 1.82) is 0 Å². The van der Waals surface area contributed by atoms with E-state index >= 15 is 0 Å². The van der Waals surface area contributed by atoms with Crippen LogP contribution in [0.3, 0.4) is 0 Å². The lowest BCUT2D eigenvalue weighted by Crippen LogP contribution is -2.52. The minimum absolute atomic E-state index is 0.0157.